The van der Waals surface area contributed by atoms with Crippen molar-refractivity contribution in [3.05, 3.63) is 36.2 Å². The Bertz CT molecular complexity index is 520. The summed E-state index contributed by atoms with van der Waals surface area (Å²) >= 11 is 0. The molecule has 1 heterocycles. The van der Waals surface area contributed by atoms with Crippen molar-refractivity contribution >= 4 is 0 Å². The number of rotatable bonds is 6. The maximum Gasteiger partial charge on any atom is 0.141 e. The van der Waals surface area contributed by atoms with Crippen LogP contribution in [0.3, 0.4) is 0 Å². The van der Waals surface area contributed by atoms with Crippen molar-refractivity contribution in [2.24, 2.45) is 0 Å². The van der Waals surface area contributed by atoms with Crippen molar-refractivity contribution < 1.29 is 4.74 Å². The molecule has 0 saturated heterocycles. The van der Waals surface area contributed by atoms with Gasteiger partial charge in [0, 0.05) is 24.5 Å². The molecular weight excluding hydrogens is 238 g/mol. The fourth-order valence-electron chi connectivity index (χ4n) is 1.84. The molecule has 2 rings (SSSR count). The van der Waals surface area contributed by atoms with Crippen molar-refractivity contribution in [3.63, 3.8) is 0 Å². The minimum Gasteiger partial charge on any atom is -0.493 e. The second kappa shape index (κ2) is 6.38. The standard InChI is InChI=1S/C15H21N3O/c1-4-19-14-8-6-5-7-13(14)15-17-10-12(18-15)9-16-11(2)3/h5-8,10-11,16H,4,9H2,1-3H3,(H,17,18). The van der Waals surface area contributed by atoms with Crippen LogP contribution in [0.25, 0.3) is 11.4 Å². The van der Waals surface area contributed by atoms with Gasteiger partial charge in [-0.3, -0.25) is 0 Å². The van der Waals surface area contributed by atoms with E-state index in [2.05, 4.69) is 29.1 Å². The molecule has 0 spiro atoms. The summed E-state index contributed by atoms with van der Waals surface area (Å²) in [7, 11) is 0. The molecule has 19 heavy (non-hydrogen) atoms. The van der Waals surface area contributed by atoms with E-state index in [-0.39, 0.29) is 0 Å². The van der Waals surface area contributed by atoms with Crippen molar-refractivity contribution in [1.29, 1.82) is 0 Å². The molecule has 1 aromatic heterocycles. The van der Waals surface area contributed by atoms with E-state index in [0.29, 0.717) is 12.6 Å². The summed E-state index contributed by atoms with van der Waals surface area (Å²) < 4.78 is 5.62. The van der Waals surface area contributed by atoms with E-state index in [1.807, 2.05) is 37.4 Å². The van der Waals surface area contributed by atoms with Gasteiger partial charge in [-0.25, -0.2) is 4.98 Å². The van der Waals surface area contributed by atoms with E-state index < -0.39 is 0 Å². The van der Waals surface area contributed by atoms with Gasteiger partial charge in [-0.2, -0.15) is 0 Å². The van der Waals surface area contributed by atoms with Gasteiger partial charge in [0.05, 0.1) is 12.2 Å². The van der Waals surface area contributed by atoms with Gasteiger partial charge in [-0.15, -0.1) is 0 Å². The summed E-state index contributed by atoms with van der Waals surface area (Å²) in [6, 6.07) is 8.41. The molecule has 1 aromatic carbocycles. The monoisotopic (exact) mass is 259 g/mol. The molecule has 4 nitrogen and oxygen atoms in total. The highest BCUT2D eigenvalue weighted by Crippen LogP contribution is 2.27. The van der Waals surface area contributed by atoms with E-state index in [0.717, 1.165) is 29.4 Å². The zero-order valence-electron chi connectivity index (χ0n) is 11.7. The van der Waals surface area contributed by atoms with Gasteiger partial charge < -0.3 is 15.0 Å². The van der Waals surface area contributed by atoms with E-state index in [4.69, 9.17) is 4.74 Å². The highest BCUT2D eigenvalue weighted by Gasteiger charge is 2.09. The lowest BCUT2D eigenvalue weighted by molar-refractivity contribution is 0.341. The van der Waals surface area contributed by atoms with Crippen molar-refractivity contribution in [3.8, 4) is 17.1 Å². The number of benzene rings is 1. The number of nitrogens with one attached hydrogen (secondary N) is 2. The number of imidazole rings is 1. The van der Waals surface area contributed by atoms with Crippen LogP contribution in [0.4, 0.5) is 0 Å². The van der Waals surface area contributed by atoms with Crippen LogP contribution in [0.1, 0.15) is 26.5 Å². The SMILES string of the molecule is CCOc1ccccc1-c1ncc(CNC(C)C)[nH]1. The van der Waals surface area contributed by atoms with Gasteiger partial charge in [0.1, 0.15) is 11.6 Å². The Morgan fingerprint density at radius 1 is 1.32 bits per heavy atom. The Hall–Kier alpha value is -1.81. The molecule has 0 amide bonds. The smallest absolute Gasteiger partial charge is 0.141 e. The predicted octanol–water partition coefficient (Wildman–Crippen LogP) is 2.97. The van der Waals surface area contributed by atoms with Crippen LogP contribution in [0.15, 0.2) is 30.5 Å². The number of aromatic amines is 1. The Morgan fingerprint density at radius 2 is 2.11 bits per heavy atom. The van der Waals surface area contributed by atoms with Gasteiger partial charge in [0.2, 0.25) is 0 Å². The van der Waals surface area contributed by atoms with Gasteiger partial charge >= 0.3 is 0 Å². The van der Waals surface area contributed by atoms with Crippen LogP contribution < -0.4 is 10.1 Å². The Labute approximate surface area is 114 Å². The van der Waals surface area contributed by atoms with Gasteiger partial charge in [-0.1, -0.05) is 26.0 Å². The topological polar surface area (TPSA) is 49.9 Å². The summed E-state index contributed by atoms with van der Waals surface area (Å²) in [6.07, 6.45) is 1.87. The van der Waals surface area contributed by atoms with Crippen LogP contribution in [0, 0.1) is 0 Å². The highest BCUT2D eigenvalue weighted by molar-refractivity contribution is 5.64. The third-order valence-corrected chi connectivity index (χ3v) is 2.77. The molecule has 0 aliphatic heterocycles. The largest absolute Gasteiger partial charge is 0.493 e. The van der Waals surface area contributed by atoms with E-state index in [9.17, 15) is 0 Å². The Balaban J connectivity index is 2.18. The fraction of sp³-hybridized carbons (Fsp3) is 0.400. The molecule has 0 saturated carbocycles. The molecule has 0 atom stereocenters. The van der Waals surface area contributed by atoms with E-state index in [1.54, 1.807) is 0 Å². The molecule has 0 fully saturated rings. The zero-order chi connectivity index (χ0) is 13.7. The van der Waals surface area contributed by atoms with Crippen LogP contribution >= 0.6 is 0 Å². The van der Waals surface area contributed by atoms with Crippen LogP contribution in [-0.4, -0.2) is 22.6 Å². The molecule has 0 bridgehead atoms. The lowest BCUT2D eigenvalue weighted by Gasteiger charge is -2.08. The zero-order valence-corrected chi connectivity index (χ0v) is 11.7. The maximum atomic E-state index is 5.62. The first-order chi connectivity index (χ1) is 9.20. The number of ether oxygens (including phenoxy) is 1. The maximum absolute atomic E-state index is 5.62. The summed E-state index contributed by atoms with van der Waals surface area (Å²) in [5, 5.41) is 3.36. The van der Waals surface area contributed by atoms with Gasteiger partial charge in [0.15, 0.2) is 0 Å². The molecule has 0 radical (unpaired) electrons. The second-order valence-electron chi connectivity index (χ2n) is 4.72. The van der Waals surface area contributed by atoms with Gasteiger partial charge in [0.25, 0.3) is 0 Å². The molecule has 0 aliphatic rings. The average Bonchev–Trinajstić information content (AvgIpc) is 2.86. The average molecular weight is 259 g/mol. The second-order valence-corrected chi connectivity index (χ2v) is 4.72. The number of hydrogen-bond donors (Lipinski definition) is 2. The summed E-state index contributed by atoms with van der Waals surface area (Å²) in [6.45, 7) is 7.68. The number of H-pyrrole nitrogens is 1. The first-order valence-corrected chi connectivity index (χ1v) is 6.70. The molecule has 2 N–H and O–H groups in total. The van der Waals surface area contributed by atoms with Crippen molar-refractivity contribution in [1.82, 2.24) is 15.3 Å². The third kappa shape index (κ3) is 3.58. The minimum atomic E-state index is 0.461. The number of para-hydroxylation sites is 1. The highest BCUT2D eigenvalue weighted by atomic mass is 16.5. The lowest BCUT2D eigenvalue weighted by Crippen LogP contribution is -2.21. The molecule has 102 valence electrons. The van der Waals surface area contributed by atoms with E-state index >= 15 is 0 Å². The number of nitrogens with zero attached hydrogens (tertiary/aromatic N) is 1. The van der Waals surface area contributed by atoms with E-state index in [1.165, 1.54) is 0 Å². The molecule has 2 aromatic rings. The number of aromatic nitrogens is 2. The summed E-state index contributed by atoms with van der Waals surface area (Å²) in [5.74, 6) is 1.72. The molecule has 0 unspecified atom stereocenters. The van der Waals surface area contributed by atoms with Crippen molar-refractivity contribution in [2.45, 2.75) is 33.4 Å². The summed E-state index contributed by atoms with van der Waals surface area (Å²) in [4.78, 5) is 7.76. The normalized spacial score (nSPS) is 10.9. The molecular formula is C15H21N3O. The van der Waals surface area contributed by atoms with Crippen LogP contribution in [0.5, 0.6) is 5.75 Å². The van der Waals surface area contributed by atoms with Crippen molar-refractivity contribution in [2.75, 3.05) is 6.61 Å². The number of hydrogen-bond acceptors (Lipinski definition) is 3. The van der Waals surface area contributed by atoms with Gasteiger partial charge in [-0.05, 0) is 19.1 Å². The first-order valence-electron chi connectivity index (χ1n) is 6.70. The lowest BCUT2D eigenvalue weighted by atomic mass is 10.2. The molecule has 4 heteroatoms. The predicted molar refractivity (Wildman–Crippen MR) is 77.2 cm³/mol. The van der Waals surface area contributed by atoms with Crippen LogP contribution in [0.2, 0.25) is 0 Å². The fourth-order valence-corrected chi connectivity index (χ4v) is 1.84. The third-order valence-electron chi connectivity index (χ3n) is 2.77. The molecule has 0 aliphatic carbocycles. The minimum absolute atomic E-state index is 0.461. The Morgan fingerprint density at radius 3 is 2.84 bits per heavy atom. The summed E-state index contributed by atoms with van der Waals surface area (Å²) in [5.41, 5.74) is 2.08. The Kier molecular flexibility index (Phi) is 4.58. The first kappa shape index (κ1) is 13.6. The van der Waals surface area contributed by atoms with Crippen LogP contribution in [-0.2, 0) is 6.54 Å². The quantitative estimate of drug-likeness (QED) is 0.838.